The maximum Gasteiger partial charge on any atom is 0.224 e. The Bertz CT molecular complexity index is 190. The minimum atomic E-state index is -0.445. The quantitative estimate of drug-likeness (QED) is 0.608. The van der Waals surface area contributed by atoms with Crippen LogP contribution in [-0.2, 0) is 4.79 Å². The van der Waals surface area contributed by atoms with E-state index in [0.717, 1.165) is 0 Å². The zero-order valence-corrected chi connectivity index (χ0v) is 10.6. The molecule has 0 rings (SSSR count). The highest BCUT2D eigenvalue weighted by Gasteiger charge is 2.24. The number of primary amides is 1. The van der Waals surface area contributed by atoms with Crippen molar-refractivity contribution in [1.82, 2.24) is 5.32 Å². The molecule has 0 aromatic carbocycles. The third-order valence-corrected chi connectivity index (χ3v) is 2.80. The van der Waals surface area contributed by atoms with Crippen molar-refractivity contribution in [3.05, 3.63) is 0 Å². The predicted octanol–water partition coefficient (Wildman–Crippen LogP) is 2.06. The summed E-state index contributed by atoms with van der Waals surface area (Å²) >= 11 is 0. The van der Waals surface area contributed by atoms with Crippen LogP contribution in [0.3, 0.4) is 0 Å². The van der Waals surface area contributed by atoms with Gasteiger partial charge in [-0.1, -0.05) is 26.2 Å². The van der Waals surface area contributed by atoms with Gasteiger partial charge in [0.25, 0.3) is 0 Å². The summed E-state index contributed by atoms with van der Waals surface area (Å²) in [5, 5.41) is 3.36. The average molecular weight is 214 g/mol. The molecular weight excluding hydrogens is 188 g/mol. The first-order valence-electron chi connectivity index (χ1n) is 5.93. The molecule has 0 spiro atoms. The topological polar surface area (TPSA) is 55.1 Å². The first-order valence-corrected chi connectivity index (χ1v) is 5.93. The Hall–Kier alpha value is -0.570. The summed E-state index contributed by atoms with van der Waals surface area (Å²) in [7, 11) is 0. The van der Waals surface area contributed by atoms with Crippen LogP contribution in [0.1, 0.15) is 53.4 Å². The lowest BCUT2D eigenvalue weighted by atomic mass is 9.92. The van der Waals surface area contributed by atoms with Crippen LogP contribution in [0.5, 0.6) is 0 Å². The van der Waals surface area contributed by atoms with Crippen molar-refractivity contribution < 1.29 is 4.79 Å². The summed E-state index contributed by atoms with van der Waals surface area (Å²) < 4.78 is 0. The number of rotatable bonds is 8. The Morgan fingerprint density at radius 3 is 2.47 bits per heavy atom. The predicted molar refractivity (Wildman–Crippen MR) is 64.6 cm³/mol. The van der Waals surface area contributed by atoms with Gasteiger partial charge in [-0.05, 0) is 27.2 Å². The summed E-state index contributed by atoms with van der Waals surface area (Å²) in [5.41, 5.74) is 4.85. The van der Waals surface area contributed by atoms with Gasteiger partial charge in [0.1, 0.15) is 0 Å². The highest BCUT2D eigenvalue weighted by Crippen LogP contribution is 2.13. The zero-order valence-electron chi connectivity index (χ0n) is 10.6. The van der Waals surface area contributed by atoms with Crippen LogP contribution in [0, 0.1) is 5.41 Å². The molecule has 15 heavy (non-hydrogen) atoms. The highest BCUT2D eigenvalue weighted by molar-refractivity contribution is 5.80. The second kappa shape index (κ2) is 6.83. The van der Waals surface area contributed by atoms with Crippen LogP contribution < -0.4 is 11.1 Å². The van der Waals surface area contributed by atoms with Gasteiger partial charge in [0.05, 0.1) is 5.41 Å². The third kappa shape index (κ3) is 6.50. The van der Waals surface area contributed by atoms with Gasteiger partial charge in [0, 0.05) is 12.6 Å². The molecule has 1 amide bonds. The number of carbonyl (C=O) groups excluding carboxylic acids is 1. The maximum atomic E-state index is 11.1. The van der Waals surface area contributed by atoms with Gasteiger partial charge in [0.15, 0.2) is 0 Å². The fourth-order valence-electron chi connectivity index (χ4n) is 1.32. The third-order valence-electron chi connectivity index (χ3n) is 2.80. The summed E-state index contributed by atoms with van der Waals surface area (Å²) in [6, 6.07) is 0.468. The van der Waals surface area contributed by atoms with Crippen LogP contribution in [0.4, 0.5) is 0 Å². The lowest BCUT2D eigenvalue weighted by Crippen LogP contribution is -2.43. The lowest BCUT2D eigenvalue weighted by Gasteiger charge is -2.23. The molecule has 0 saturated heterocycles. The van der Waals surface area contributed by atoms with Crippen molar-refractivity contribution in [3.8, 4) is 0 Å². The molecule has 3 nitrogen and oxygen atoms in total. The molecule has 0 aromatic heterocycles. The lowest BCUT2D eigenvalue weighted by molar-refractivity contribution is -0.125. The van der Waals surface area contributed by atoms with E-state index in [1.54, 1.807) is 0 Å². The zero-order chi connectivity index (χ0) is 11.9. The number of unbranched alkanes of at least 4 members (excludes halogenated alkanes) is 2. The summed E-state index contributed by atoms with van der Waals surface area (Å²) in [6.07, 6.45) is 4.95. The van der Waals surface area contributed by atoms with Crippen molar-refractivity contribution in [2.45, 2.75) is 59.4 Å². The van der Waals surface area contributed by atoms with Gasteiger partial charge in [-0.25, -0.2) is 0 Å². The Kier molecular flexibility index (Phi) is 6.57. The molecule has 3 N–H and O–H groups in total. The molecule has 90 valence electrons. The molecule has 1 unspecified atom stereocenters. The minimum absolute atomic E-state index is 0.240. The normalized spacial score (nSPS) is 13.9. The van der Waals surface area contributed by atoms with E-state index in [1.807, 2.05) is 13.8 Å². The van der Waals surface area contributed by atoms with Gasteiger partial charge >= 0.3 is 0 Å². The number of hydrogen-bond donors (Lipinski definition) is 2. The van der Waals surface area contributed by atoms with Crippen molar-refractivity contribution in [3.63, 3.8) is 0 Å². The fourth-order valence-corrected chi connectivity index (χ4v) is 1.32. The molecule has 0 aliphatic rings. The van der Waals surface area contributed by atoms with E-state index in [4.69, 9.17) is 5.73 Å². The number of carbonyl (C=O) groups is 1. The Morgan fingerprint density at radius 1 is 1.40 bits per heavy atom. The van der Waals surface area contributed by atoms with E-state index < -0.39 is 5.41 Å². The van der Waals surface area contributed by atoms with Crippen molar-refractivity contribution in [2.75, 3.05) is 6.54 Å². The highest BCUT2D eigenvalue weighted by atomic mass is 16.1. The first-order chi connectivity index (χ1) is 6.90. The van der Waals surface area contributed by atoms with Crippen molar-refractivity contribution >= 4 is 5.91 Å². The van der Waals surface area contributed by atoms with E-state index in [9.17, 15) is 4.79 Å². The van der Waals surface area contributed by atoms with Crippen LogP contribution >= 0.6 is 0 Å². The molecule has 0 bridgehead atoms. The standard InChI is InChI=1S/C12H26N2O/c1-5-6-7-8-10(2)14-9-12(3,4)11(13)15/h10,14H,5-9H2,1-4H3,(H2,13,15). The number of hydrogen-bond acceptors (Lipinski definition) is 2. The van der Waals surface area contributed by atoms with Crippen molar-refractivity contribution in [1.29, 1.82) is 0 Å². The average Bonchev–Trinajstić information content (AvgIpc) is 2.15. The molecule has 0 heterocycles. The molecule has 0 aromatic rings. The Labute approximate surface area is 93.8 Å². The Morgan fingerprint density at radius 2 is 2.00 bits per heavy atom. The van der Waals surface area contributed by atoms with E-state index in [0.29, 0.717) is 12.6 Å². The largest absolute Gasteiger partial charge is 0.369 e. The fraction of sp³-hybridized carbons (Fsp3) is 0.917. The van der Waals surface area contributed by atoms with Crippen LogP contribution in [0.25, 0.3) is 0 Å². The van der Waals surface area contributed by atoms with E-state index in [1.165, 1.54) is 25.7 Å². The van der Waals surface area contributed by atoms with E-state index in [-0.39, 0.29) is 5.91 Å². The molecule has 0 saturated carbocycles. The molecule has 1 atom stereocenters. The van der Waals surface area contributed by atoms with Crippen LogP contribution in [0.15, 0.2) is 0 Å². The first kappa shape index (κ1) is 14.4. The number of amides is 1. The summed E-state index contributed by atoms with van der Waals surface area (Å²) in [6.45, 7) is 8.78. The molecule has 0 radical (unpaired) electrons. The van der Waals surface area contributed by atoms with Crippen molar-refractivity contribution in [2.24, 2.45) is 11.1 Å². The molecule has 0 fully saturated rings. The number of nitrogens with one attached hydrogen (secondary N) is 1. The van der Waals surface area contributed by atoms with E-state index in [2.05, 4.69) is 19.2 Å². The molecule has 0 aliphatic carbocycles. The second-order valence-electron chi connectivity index (χ2n) is 5.03. The SMILES string of the molecule is CCCCCC(C)NCC(C)(C)C(N)=O. The van der Waals surface area contributed by atoms with Gasteiger partial charge in [0.2, 0.25) is 5.91 Å². The summed E-state index contributed by atoms with van der Waals surface area (Å²) in [5.74, 6) is -0.240. The van der Waals surface area contributed by atoms with E-state index >= 15 is 0 Å². The van der Waals surface area contributed by atoms with Crippen LogP contribution in [-0.4, -0.2) is 18.5 Å². The Balaban J connectivity index is 3.70. The minimum Gasteiger partial charge on any atom is -0.369 e. The smallest absolute Gasteiger partial charge is 0.224 e. The maximum absolute atomic E-state index is 11.1. The van der Waals surface area contributed by atoms with Gasteiger partial charge in [-0.15, -0.1) is 0 Å². The summed E-state index contributed by atoms with van der Waals surface area (Å²) in [4.78, 5) is 11.1. The second-order valence-corrected chi connectivity index (χ2v) is 5.03. The van der Waals surface area contributed by atoms with Crippen LogP contribution in [0.2, 0.25) is 0 Å². The molecular formula is C12H26N2O. The molecule has 3 heteroatoms. The van der Waals surface area contributed by atoms with Gasteiger partial charge < -0.3 is 11.1 Å². The molecule has 0 aliphatic heterocycles. The number of nitrogens with two attached hydrogens (primary N) is 1. The van der Waals surface area contributed by atoms with Gasteiger partial charge in [-0.2, -0.15) is 0 Å². The van der Waals surface area contributed by atoms with Gasteiger partial charge in [-0.3, -0.25) is 4.79 Å². The monoisotopic (exact) mass is 214 g/mol.